The average Bonchev–Trinajstić information content (AvgIpc) is 2.74. The maximum absolute atomic E-state index is 13.1. The number of nitrogens with zero attached hydrogens (tertiary/aromatic N) is 1. The van der Waals surface area contributed by atoms with Gasteiger partial charge in [-0.1, -0.05) is 46.3 Å². The smallest absolute Gasteiger partial charge is 0.230 e. The van der Waals surface area contributed by atoms with Crippen LogP contribution in [0.4, 0.5) is 0 Å². The number of carbonyl (C=O) groups is 1. The van der Waals surface area contributed by atoms with Crippen LogP contribution in [0.1, 0.15) is 50.0 Å². The SMILES string of the molecule is O=C(C(CCBr)c1ccccc1)N1C2CCCC1CC2. The van der Waals surface area contributed by atoms with Gasteiger partial charge in [-0.2, -0.15) is 0 Å². The van der Waals surface area contributed by atoms with Gasteiger partial charge >= 0.3 is 0 Å². The molecule has 1 aromatic rings. The zero-order valence-electron chi connectivity index (χ0n) is 11.8. The summed E-state index contributed by atoms with van der Waals surface area (Å²) in [5.74, 6) is 0.389. The van der Waals surface area contributed by atoms with E-state index >= 15 is 0 Å². The van der Waals surface area contributed by atoms with Gasteiger partial charge in [0, 0.05) is 17.4 Å². The van der Waals surface area contributed by atoms with E-state index < -0.39 is 0 Å². The van der Waals surface area contributed by atoms with E-state index in [9.17, 15) is 4.79 Å². The second-order valence-corrected chi connectivity index (χ2v) is 6.80. The van der Waals surface area contributed by atoms with Gasteiger partial charge in [0.25, 0.3) is 0 Å². The number of carbonyl (C=O) groups excluding carboxylic acids is 1. The third kappa shape index (κ3) is 2.65. The summed E-state index contributed by atoms with van der Waals surface area (Å²) in [5.41, 5.74) is 1.17. The Morgan fingerprint density at radius 2 is 1.80 bits per heavy atom. The molecule has 108 valence electrons. The Hall–Kier alpha value is -0.830. The standard InChI is InChI=1S/C17H22BrNO/c18-12-11-16(13-5-2-1-3-6-13)17(20)19-14-7-4-8-15(19)10-9-14/h1-3,5-6,14-16H,4,7-12H2. The number of hydrogen-bond donors (Lipinski definition) is 0. The van der Waals surface area contributed by atoms with Crippen molar-refractivity contribution in [3.8, 4) is 0 Å². The number of hydrogen-bond acceptors (Lipinski definition) is 1. The van der Waals surface area contributed by atoms with Gasteiger partial charge in [0.15, 0.2) is 0 Å². The van der Waals surface area contributed by atoms with Gasteiger partial charge in [-0.05, 0) is 44.1 Å². The minimum atomic E-state index is 0.0248. The zero-order chi connectivity index (χ0) is 13.9. The number of piperidine rings is 1. The highest BCUT2D eigenvalue weighted by atomic mass is 79.9. The molecule has 2 heterocycles. The molecule has 0 spiro atoms. The Morgan fingerprint density at radius 3 is 2.40 bits per heavy atom. The molecule has 1 amide bonds. The molecule has 0 aliphatic carbocycles. The van der Waals surface area contributed by atoms with Crippen LogP contribution < -0.4 is 0 Å². The summed E-state index contributed by atoms with van der Waals surface area (Å²) in [6, 6.07) is 11.3. The highest BCUT2D eigenvalue weighted by molar-refractivity contribution is 9.09. The summed E-state index contributed by atoms with van der Waals surface area (Å²) in [4.78, 5) is 15.3. The van der Waals surface area contributed by atoms with Crippen LogP contribution in [0.5, 0.6) is 0 Å². The van der Waals surface area contributed by atoms with Crippen molar-refractivity contribution < 1.29 is 4.79 Å². The molecule has 3 rings (SSSR count). The summed E-state index contributed by atoms with van der Waals surface area (Å²) >= 11 is 3.51. The van der Waals surface area contributed by atoms with Crippen molar-refractivity contribution in [2.75, 3.05) is 5.33 Å². The normalized spacial score (nSPS) is 26.6. The fraction of sp³-hybridized carbons (Fsp3) is 0.588. The lowest BCUT2D eigenvalue weighted by Crippen LogP contribution is -2.46. The summed E-state index contributed by atoms with van der Waals surface area (Å²) in [6.45, 7) is 0. The number of halogens is 1. The molecule has 2 saturated heterocycles. The van der Waals surface area contributed by atoms with Crippen molar-refractivity contribution in [1.29, 1.82) is 0 Å². The lowest BCUT2D eigenvalue weighted by molar-refractivity contribution is -0.137. The molecule has 2 aliphatic rings. The van der Waals surface area contributed by atoms with E-state index in [2.05, 4.69) is 33.0 Å². The Balaban J connectivity index is 1.83. The second kappa shape index (κ2) is 6.30. The minimum absolute atomic E-state index is 0.0248. The number of amides is 1. The fourth-order valence-electron chi connectivity index (χ4n) is 3.88. The van der Waals surface area contributed by atoms with Gasteiger partial charge in [-0.15, -0.1) is 0 Å². The molecule has 1 aromatic carbocycles. The molecular weight excluding hydrogens is 314 g/mol. The lowest BCUT2D eigenvalue weighted by atomic mass is 9.92. The van der Waals surface area contributed by atoms with Crippen molar-refractivity contribution in [1.82, 2.24) is 4.90 Å². The number of alkyl halides is 1. The molecule has 2 nitrogen and oxygen atoms in total. The van der Waals surface area contributed by atoms with Crippen LogP contribution in [0, 0.1) is 0 Å². The summed E-state index contributed by atoms with van der Waals surface area (Å²) < 4.78 is 0. The van der Waals surface area contributed by atoms with Crippen LogP contribution in [0.3, 0.4) is 0 Å². The topological polar surface area (TPSA) is 20.3 Å². The lowest BCUT2D eigenvalue weighted by Gasteiger charge is -2.37. The molecule has 2 fully saturated rings. The van der Waals surface area contributed by atoms with Crippen LogP contribution in [0.15, 0.2) is 30.3 Å². The molecule has 3 heteroatoms. The fourth-order valence-corrected chi connectivity index (χ4v) is 4.34. The Kier molecular flexibility index (Phi) is 4.45. The first-order valence-corrected chi connectivity index (χ1v) is 8.86. The highest BCUT2D eigenvalue weighted by Gasteiger charge is 2.41. The highest BCUT2D eigenvalue weighted by Crippen LogP contribution is 2.38. The van der Waals surface area contributed by atoms with Crippen molar-refractivity contribution in [3.05, 3.63) is 35.9 Å². The molecule has 0 aromatic heterocycles. The van der Waals surface area contributed by atoms with E-state index in [0.29, 0.717) is 18.0 Å². The molecule has 2 bridgehead atoms. The van der Waals surface area contributed by atoms with Crippen LogP contribution in [0.25, 0.3) is 0 Å². The van der Waals surface area contributed by atoms with Crippen LogP contribution in [-0.4, -0.2) is 28.2 Å². The Morgan fingerprint density at radius 1 is 1.15 bits per heavy atom. The molecule has 3 unspecified atom stereocenters. The van der Waals surface area contributed by atoms with E-state index in [1.165, 1.54) is 37.7 Å². The van der Waals surface area contributed by atoms with Crippen LogP contribution in [-0.2, 0) is 4.79 Å². The predicted molar refractivity (Wildman–Crippen MR) is 85.1 cm³/mol. The van der Waals surface area contributed by atoms with E-state index in [4.69, 9.17) is 0 Å². The zero-order valence-corrected chi connectivity index (χ0v) is 13.4. The Labute approximate surface area is 129 Å². The predicted octanol–water partition coefficient (Wildman–Crippen LogP) is 4.10. The maximum Gasteiger partial charge on any atom is 0.230 e. The van der Waals surface area contributed by atoms with Crippen molar-refractivity contribution in [3.63, 3.8) is 0 Å². The molecule has 0 saturated carbocycles. The molecular formula is C17H22BrNO. The second-order valence-electron chi connectivity index (χ2n) is 6.00. The third-order valence-electron chi connectivity index (χ3n) is 4.85. The van der Waals surface area contributed by atoms with E-state index in [0.717, 1.165) is 11.8 Å². The third-order valence-corrected chi connectivity index (χ3v) is 5.30. The van der Waals surface area contributed by atoms with Gasteiger partial charge in [-0.25, -0.2) is 0 Å². The van der Waals surface area contributed by atoms with Crippen LogP contribution >= 0.6 is 15.9 Å². The van der Waals surface area contributed by atoms with Crippen molar-refractivity contribution in [2.45, 2.75) is 56.5 Å². The van der Waals surface area contributed by atoms with Crippen LogP contribution in [0.2, 0.25) is 0 Å². The minimum Gasteiger partial charge on any atom is -0.336 e. The number of fused-ring (bicyclic) bond motifs is 2. The number of rotatable bonds is 4. The molecule has 20 heavy (non-hydrogen) atoms. The monoisotopic (exact) mass is 335 g/mol. The van der Waals surface area contributed by atoms with Gasteiger partial charge in [0.2, 0.25) is 5.91 Å². The Bertz CT molecular complexity index is 445. The molecule has 0 radical (unpaired) electrons. The molecule has 0 N–H and O–H groups in total. The quantitative estimate of drug-likeness (QED) is 0.758. The van der Waals surface area contributed by atoms with Gasteiger partial charge in [0.1, 0.15) is 0 Å². The van der Waals surface area contributed by atoms with Crippen molar-refractivity contribution >= 4 is 21.8 Å². The first-order valence-electron chi connectivity index (χ1n) is 7.74. The average molecular weight is 336 g/mol. The first kappa shape index (κ1) is 14.1. The molecule has 3 atom stereocenters. The number of benzene rings is 1. The largest absolute Gasteiger partial charge is 0.336 e. The summed E-state index contributed by atoms with van der Waals surface area (Å²) in [5, 5.41) is 0.876. The van der Waals surface area contributed by atoms with Crippen molar-refractivity contribution in [2.24, 2.45) is 0 Å². The van der Waals surface area contributed by atoms with E-state index in [-0.39, 0.29) is 5.92 Å². The maximum atomic E-state index is 13.1. The van der Waals surface area contributed by atoms with E-state index in [1.807, 2.05) is 18.2 Å². The van der Waals surface area contributed by atoms with Gasteiger partial charge in [0.05, 0.1) is 5.92 Å². The summed E-state index contributed by atoms with van der Waals surface area (Å²) in [7, 11) is 0. The first-order chi connectivity index (χ1) is 9.81. The van der Waals surface area contributed by atoms with Gasteiger partial charge < -0.3 is 4.90 Å². The summed E-state index contributed by atoms with van der Waals surface area (Å²) in [6.07, 6.45) is 7.03. The van der Waals surface area contributed by atoms with Gasteiger partial charge in [-0.3, -0.25) is 4.79 Å². The van der Waals surface area contributed by atoms with E-state index in [1.54, 1.807) is 0 Å². The molecule has 2 aliphatic heterocycles.